The van der Waals surface area contributed by atoms with E-state index in [4.69, 9.17) is 4.74 Å². The van der Waals surface area contributed by atoms with Crippen molar-refractivity contribution in [1.29, 1.82) is 0 Å². The summed E-state index contributed by atoms with van der Waals surface area (Å²) < 4.78 is 17.9. The fourth-order valence-electron chi connectivity index (χ4n) is 3.17. The number of hydrogen-bond donors (Lipinski definition) is 2. The second kappa shape index (κ2) is 8.58. The predicted octanol–water partition coefficient (Wildman–Crippen LogP) is 4.06. The number of halogens is 1. The van der Waals surface area contributed by atoms with E-state index in [9.17, 15) is 18.8 Å². The zero-order valence-electron chi connectivity index (χ0n) is 16.9. The van der Waals surface area contributed by atoms with E-state index in [0.717, 1.165) is 10.4 Å². The van der Waals surface area contributed by atoms with E-state index in [2.05, 4.69) is 15.3 Å². The third kappa shape index (κ3) is 4.30. The molecule has 7 nitrogen and oxygen atoms in total. The van der Waals surface area contributed by atoms with Gasteiger partial charge >= 0.3 is 5.97 Å². The molecule has 0 aliphatic heterocycles. The van der Waals surface area contributed by atoms with Crippen molar-refractivity contribution in [3.63, 3.8) is 0 Å². The largest absolute Gasteiger partial charge is 0.465 e. The van der Waals surface area contributed by atoms with E-state index in [1.165, 1.54) is 37.5 Å². The van der Waals surface area contributed by atoms with Gasteiger partial charge in [0.2, 0.25) is 5.91 Å². The van der Waals surface area contributed by atoms with Gasteiger partial charge in [0.05, 0.1) is 30.5 Å². The van der Waals surface area contributed by atoms with Gasteiger partial charge in [-0.1, -0.05) is 0 Å². The number of nitrogens with zero attached hydrogens (tertiary/aromatic N) is 1. The molecule has 0 saturated heterocycles. The van der Waals surface area contributed by atoms with Crippen LogP contribution in [0.4, 0.5) is 9.52 Å². The van der Waals surface area contributed by atoms with Crippen LogP contribution in [0, 0.1) is 19.7 Å². The van der Waals surface area contributed by atoms with E-state index < -0.39 is 11.9 Å². The number of aromatic nitrogens is 2. The maximum Gasteiger partial charge on any atom is 0.339 e. The molecule has 0 fully saturated rings. The van der Waals surface area contributed by atoms with Gasteiger partial charge in [-0.25, -0.2) is 14.2 Å². The number of carbonyl (C=O) groups is 3. The van der Waals surface area contributed by atoms with Crippen LogP contribution in [0.15, 0.2) is 24.3 Å². The number of anilines is 1. The molecule has 2 heterocycles. The molecule has 1 aromatic carbocycles. The lowest BCUT2D eigenvalue weighted by molar-refractivity contribution is -0.115. The number of carbonyl (C=O) groups excluding carboxylic acids is 3. The molecule has 2 N–H and O–H groups in total. The number of Topliss-reactive ketones (excluding diaryl/α,β-unsaturated/α-hetero) is 1. The maximum atomic E-state index is 13.2. The van der Waals surface area contributed by atoms with Crippen molar-refractivity contribution in [2.24, 2.45) is 0 Å². The Labute approximate surface area is 176 Å². The number of aromatic amines is 1. The van der Waals surface area contributed by atoms with Gasteiger partial charge in [-0.05, 0) is 43.7 Å². The first kappa shape index (κ1) is 21.4. The Bertz CT molecular complexity index is 1130. The van der Waals surface area contributed by atoms with Crippen LogP contribution in [0.3, 0.4) is 0 Å². The molecule has 3 rings (SSSR count). The zero-order valence-corrected chi connectivity index (χ0v) is 17.7. The number of ether oxygens (including phenoxy) is 1. The first-order valence-corrected chi connectivity index (χ1v) is 9.86. The fourth-order valence-corrected chi connectivity index (χ4v) is 4.02. The normalized spacial score (nSPS) is 10.7. The number of amides is 1. The van der Waals surface area contributed by atoms with Crippen LogP contribution in [0.25, 0.3) is 11.3 Å². The summed E-state index contributed by atoms with van der Waals surface area (Å²) in [6, 6.07) is 5.94. The molecule has 156 valence electrons. The van der Waals surface area contributed by atoms with Crippen LogP contribution in [0.1, 0.15) is 43.9 Å². The molecule has 0 aliphatic carbocycles. The molecule has 3 aromatic rings. The summed E-state index contributed by atoms with van der Waals surface area (Å²) in [5.41, 5.74) is 2.59. The lowest BCUT2D eigenvalue weighted by Gasteiger charge is -2.04. The lowest BCUT2D eigenvalue weighted by atomic mass is 10.1. The van der Waals surface area contributed by atoms with Crippen molar-refractivity contribution in [2.75, 3.05) is 12.4 Å². The van der Waals surface area contributed by atoms with Crippen LogP contribution in [-0.4, -0.2) is 34.7 Å². The minimum Gasteiger partial charge on any atom is -0.465 e. The van der Waals surface area contributed by atoms with Crippen molar-refractivity contribution in [1.82, 2.24) is 9.97 Å². The van der Waals surface area contributed by atoms with Crippen LogP contribution in [0.5, 0.6) is 0 Å². The summed E-state index contributed by atoms with van der Waals surface area (Å²) in [5.74, 6) is -1.62. The standard InChI is InChI=1S/C21H20FN3O4S/c1-10-17(20(28)29-4)15(23-18(10)11(2)26)9-16(27)24-21-25-19(12(3)30-21)13-5-7-14(22)8-6-13/h5-8,23H,9H2,1-4H3,(H,24,25,27). The monoisotopic (exact) mass is 429 g/mol. The predicted molar refractivity (Wildman–Crippen MR) is 111 cm³/mol. The molecule has 0 bridgehead atoms. The van der Waals surface area contributed by atoms with Crippen LogP contribution < -0.4 is 5.32 Å². The van der Waals surface area contributed by atoms with Gasteiger partial charge in [0.25, 0.3) is 0 Å². The highest BCUT2D eigenvalue weighted by atomic mass is 32.1. The van der Waals surface area contributed by atoms with Crippen LogP contribution in [-0.2, 0) is 16.0 Å². The van der Waals surface area contributed by atoms with E-state index in [-0.39, 0.29) is 29.3 Å². The summed E-state index contributed by atoms with van der Waals surface area (Å²) in [4.78, 5) is 44.7. The van der Waals surface area contributed by atoms with Crippen molar-refractivity contribution in [2.45, 2.75) is 27.2 Å². The highest BCUT2D eigenvalue weighted by molar-refractivity contribution is 7.16. The highest BCUT2D eigenvalue weighted by Crippen LogP contribution is 2.30. The first-order chi connectivity index (χ1) is 14.2. The molecular formula is C21H20FN3O4S. The van der Waals surface area contributed by atoms with E-state index in [1.807, 2.05) is 6.92 Å². The Balaban J connectivity index is 1.82. The summed E-state index contributed by atoms with van der Waals surface area (Å²) >= 11 is 1.29. The molecule has 0 spiro atoms. The Morgan fingerprint density at radius 1 is 1.20 bits per heavy atom. The smallest absolute Gasteiger partial charge is 0.339 e. The average Bonchev–Trinajstić information content (AvgIpc) is 3.21. The van der Waals surface area contributed by atoms with Gasteiger partial charge in [-0.2, -0.15) is 0 Å². The third-order valence-corrected chi connectivity index (χ3v) is 5.45. The molecule has 30 heavy (non-hydrogen) atoms. The number of H-pyrrole nitrogens is 1. The number of thiazole rings is 1. The molecular weight excluding hydrogens is 409 g/mol. The van der Waals surface area contributed by atoms with Crippen molar-refractivity contribution in [3.05, 3.63) is 57.5 Å². The van der Waals surface area contributed by atoms with E-state index in [1.54, 1.807) is 19.1 Å². The minimum atomic E-state index is -0.622. The Morgan fingerprint density at radius 2 is 1.87 bits per heavy atom. The van der Waals surface area contributed by atoms with Gasteiger partial charge in [-0.3, -0.25) is 9.59 Å². The Hall–Kier alpha value is -3.33. The Morgan fingerprint density at radius 3 is 2.47 bits per heavy atom. The van der Waals surface area contributed by atoms with Crippen LogP contribution >= 0.6 is 11.3 Å². The molecule has 0 saturated carbocycles. The summed E-state index contributed by atoms with van der Waals surface area (Å²) in [7, 11) is 1.24. The summed E-state index contributed by atoms with van der Waals surface area (Å²) in [6.45, 7) is 4.86. The van der Waals surface area contributed by atoms with Crippen molar-refractivity contribution >= 4 is 34.1 Å². The lowest BCUT2D eigenvalue weighted by Crippen LogP contribution is -2.17. The average molecular weight is 429 g/mol. The van der Waals surface area contributed by atoms with Gasteiger partial charge in [0.1, 0.15) is 5.82 Å². The van der Waals surface area contributed by atoms with Gasteiger partial charge < -0.3 is 15.0 Å². The van der Waals surface area contributed by atoms with Gasteiger partial charge in [-0.15, -0.1) is 11.3 Å². The topological polar surface area (TPSA) is 101 Å². The van der Waals surface area contributed by atoms with Gasteiger partial charge in [0, 0.05) is 23.1 Å². The minimum absolute atomic E-state index is 0.164. The fraction of sp³-hybridized carbons (Fsp3) is 0.238. The number of esters is 1. The second-order valence-electron chi connectivity index (χ2n) is 6.68. The first-order valence-electron chi connectivity index (χ1n) is 9.05. The van der Waals surface area contributed by atoms with E-state index >= 15 is 0 Å². The molecule has 9 heteroatoms. The third-order valence-electron chi connectivity index (χ3n) is 4.57. The number of aryl methyl sites for hydroxylation is 1. The SMILES string of the molecule is COC(=O)c1c(CC(=O)Nc2nc(-c3ccc(F)cc3)c(C)s2)[nH]c(C(C)=O)c1C. The van der Waals surface area contributed by atoms with Crippen molar-refractivity contribution < 1.29 is 23.5 Å². The van der Waals surface area contributed by atoms with Crippen LogP contribution in [0.2, 0.25) is 0 Å². The quantitative estimate of drug-likeness (QED) is 0.454. The molecule has 0 atom stereocenters. The molecule has 2 aromatic heterocycles. The number of ketones is 1. The molecule has 1 amide bonds. The number of rotatable bonds is 6. The summed E-state index contributed by atoms with van der Waals surface area (Å²) in [6.07, 6.45) is -0.164. The van der Waals surface area contributed by atoms with E-state index in [0.29, 0.717) is 22.1 Å². The number of hydrogen-bond acceptors (Lipinski definition) is 6. The number of nitrogens with one attached hydrogen (secondary N) is 2. The molecule has 0 radical (unpaired) electrons. The highest BCUT2D eigenvalue weighted by Gasteiger charge is 2.24. The second-order valence-corrected chi connectivity index (χ2v) is 7.89. The van der Waals surface area contributed by atoms with Gasteiger partial charge in [0.15, 0.2) is 10.9 Å². The molecule has 0 aliphatic rings. The zero-order chi connectivity index (χ0) is 22.0. The number of methoxy groups -OCH3 is 1. The molecule has 0 unspecified atom stereocenters. The maximum absolute atomic E-state index is 13.2. The number of benzene rings is 1. The van der Waals surface area contributed by atoms with Crippen molar-refractivity contribution in [3.8, 4) is 11.3 Å². The summed E-state index contributed by atoms with van der Waals surface area (Å²) in [5, 5.41) is 3.09. The Kier molecular flexibility index (Phi) is 6.12.